The molecule has 5 N–H and O–H groups in total. The molecule has 2 heterocycles. The molecule has 6 heteroatoms. The maximum absolute atomic E-state index is 6.09. The van der Waals surface area contributed by atoms with Gasteiger partial charge in [0, 0.05) is 24.7 Å². The zero-order valence-corrected chi connectivity index (χ0v) is 11.4. The van der Waals surface area contributed by atoms with Crippen molar-refractivity contribution in [3.05, 3.63) is 5.56 Å². The zero-order valence-electron chi connectivity index (χ0n) is 11.4. The Hall–Kier alpha value is -1.56. The number of hydrogen-bond donors (Lipinski definition) is 3. The molecular weight excluding hydrogens is 240 g/mol. The average Bonchev–Trinajstić information content (AvgIpc) is 2.78. The smallest absolute Gasteiger partial charge is 0.223 e. The van der Waals surface area contributed by atoms with Crippen LogP contribution in [0, 0.1) is 0 Å². The molecule has 0 radical (unpaired) electrons. The Morgan fingerprint density at radius 2 is 2.00 bits per heavy atom. The molecule has 1 aliphatic heterocycles. The Morgan fingerprint density at radius 3 is 2.58 bits per heavy atom. The number of likely N-dealkylation sites (N-methyl/N-ethyl adjacent to an activating group) is 1. The molecule has 1 saturated carbocycles. The van der Waals surface area contributed by atoms with E-state index >= 15 is 0 Å². The fourth-order valence-corrected chi connectivity index (χ4v) is 3.01. The van der Waals surface area contributed by atoms with Crippen molar-refractivity contribution < 1.29 is 0 Å². The monoisotopic (exact) mass is 262 g/mol. The predicted molar refractivity (Wildman–Crippen MR) is 77.1 cm³/mol. The van der Waals surface area contributed by atoms with E-state index in [0.717, 1.165) is 30.9 Å². The highest BCUT2D eigenvalue weighted by Crippen LogP contribution is 2.43. The van der Waals surface area contributed by atoms with Crippen LogP contribution in [0.25, 0.3) is 0 Å². The summed E-state index contributed by atoms with van der Waals surface area (Å²) in [6, 6.07) is 0.520. The molecule has 1 atom stereocenters. The van der Waals surface area contributed by atoms with E-state index in [0.29, 0.717) is 17.8 Å². The third kappa shape index (κ3) is 2.20. The van der Waals surface area contributed by atoms with Gasteiger partial charge >= 0.3 is 0 Å². The first-order valence-corrected chi connectivity index (χ1v) is 7.04. The highest BCUT2D eigenvalue weighted by molar-refractivity contribution is 5.62. The minimum Gasteiger partial charge on any atom is -0.383 e. The van der Waals surface area contributed by atoms with E-state index in [2.05, 4.69) is 20.2 Å². The normalized spacial score (nSPS) is 23.6. The number of nitrogens with zero attached hydrogens (tertiary/aromatic N) is 3. The van der Waals surface area contributed by atoms with Crippen molar-refractivity contribution in [1.29, 1.82) is 0 Å². The standard InChI is InChI=1S/C13H22N6/c1-16-9-5-6-19(7-9)12-10(8-3-2-4-8)11(14)17-13(15)18-12/h8-9,16H,2-7H2,1H3,(H4,14,15,17,18)/t9-/m1/s1. The highest BCUT2D eigenvalue weighted by Gasteiger charge is 2.31. The molecule has 19 heavy (non-hydrogen) atoms. The van der Waals surface area contributed by atoms with Gasteiger partial charge in [-0.25, -0.2) is 0 Å². The summed E-state index contributed by atoms with van der Waals surface area (Å²) in [6.07, 6.45) is 4.78. The largest absolute Gasteiger partial charge is 0.383 e. The van der Waals surface area contributed by atoms with Crippen LogP contribution in [0.1, 0.15) is 37.2 Å². The second-order valence-electron chi connectivity index (χ2n) is 5.55. The molecule has 3 rings (SSSR count). The van der Waals surface area contributed by atoms with Gasteiger partial charge in [0.25, 0.3) is 0 Å². The van der Waals surface area contributed by atoms with Crippen LogP contribution in [-0.2, 0) is 0 Å². The minimum absolute atomic E-state index is 0.281. The van der Waals surface area contributed by atoms with Gasteiger partial charge in [-0.15, -0.1) is 0 Å². The van der Waals surface area contributed by atoms with Crippen molar-refractivity contribution in [2.45, 2.75) is 37.6 Å². The second kappa shape index (κ2) is 4.85. The number of hydrogen-bond acceptors (Lipinski definition) is 6. The summed E-state index contributed by atoms with van der Waals surface area (Å²) in [5.74, 6) is 2.33. The van der Waals surface area contributed by atoms with Crippen LogP contribution in [-0.4, -0.2) is 36.1 Å². The number of nitrogens with one attached hydrogen (secondary N) is 1. The van der Waals surface area contributed by atoms with E-state index in [-0.39, 0.29) is 5.95 Å². The van der Waals surface area contributed by atoms with E-state index in [4.69, 9.17) is 11.5 Å². The van der Waals surface area contributed by atoms with Crippen LogP contribution >= 0.6 is 0 Å². The van der Waals surface area contributed by atoms with Gasteiger partial charge in [0.2, 0.25) is 5.95 Å². The minimum atomic E-state index is 0.281. The fourth-order valence-electron chi connectivity index (χ4n) is 3.01. The molecule has 1 aromatic rings. The lowest BCUT2D eigenvalue weighted by Gasteiger charge is -2.31. The van der Waals surface area contributed by atoms with Crippen LogP contribution in [0.5, 0.6) is 0 Å². The summed E-state index contributed by atoms with van der Waals surface area (Å²) in [5, 5.41) is 3.32. The third-order valence-corrected chi connectivity index (χ3v) is 4.38. The SMILES string of the molecule is CN[C@@H]1CCN(c2nc(N)nc(N)c2C2CCC2)C1. The quantitative estimate of drug-likeness (QED) is 0.743. The van der Waals surface area contributed by atoms with Crippen LogP contribution in [0.15, 0.2) is 0 Å². The lowest BCUT2D eigenvalue weighted by molar-refractivity contribution is 0.419. The van der Waals surface area contributed by atoms with Crippen molar-refractivity contribution in [2.75, 3.05) is 36.5 Å². The summed E-state index contributed by atoms with van der Waals surface area (Å²) < 4.78 is 0. The number of rotatable bonds is 3. The molecule has 6 nitrogen and oxygen atoms in total. The molecule has 1 aliphatic carbocycles. The highest BCUT2D eigenvalue weighted by atomic mass is 15.3. The number of nitrogens with two attached hydrogens (primary N) is 2. The molecule has 0 spiro atoms. The van der Waals surface area contributed by atoms with E-state index in [9.17, 15) is 0 Å². The lowest BCUT2D eigenvalue weighted by atomic mass is 9.80. The van der Waals surface area contributed by atoms with Crippen molar-refractivity contribution in [3.8, 4) is 0 Å². The molecule has 0 bridgehead atoms. The summed E-state index contributed by atoms with van der Waals surface area (Å²) in [4.78, 5) is 10.9. The number of aromatic nitrogens is 2. The van der Waals surface area contributed by atoms with Gasteiger partial charge in [-0.1, -0.05) is 6.42 Å². The molecule has 2 aliphatic rings. The van der Waals surface area contributed by atoms with Crippen molar-refractivity contribution in [3.63, 3.8) is 0 Å². The van der Waals surface area contributed by atoms with Crippen molar-refractivity contribution in [2.24, 2.45) is 0 Å². The van der Waals surface area contributed by atoms with E-state index in [1.807, 2.05) is 7.05 Å². The Morgan fingerprint density at radius 1 is 1.21 bits per heavy atom. The predicted octanol–water partition coefficient (Wildman–Crippen LogP) is 0.707. The molecule has 2 fully saturated rings. The molecular formula is C13H22N6. The van der Waals surface area contributed by atoms with Gasteiger partial charge < -0.3 is 21.7 Å². The van der Waals surface area contributed by atoms with Crippen LogP contribution in [0.4, 0.5) is 17.6 Å². The number of nitrogen functional groups attached to an aromatic ring is 2. The first-order chi connectivity index (χ1) is 9.19. The second-order valence-corrected chi connectivity index (χ2v) is 5.55. The lowest BCUT2D eigenvalue weighted by Crippen LogP contribution is -2.31. The van der Waals surface area contributed by atoms with Crippen LogP contribution < -0.4 is 21.7 Å². The average molecular weight is 262 g/mol. The van der Waals surface area contributed by atoms with Gasteiger partial charge in [-0.05, 0) is 32.2 Å². The number of anilines is 3. The van der Waals surface area contributed by atoms with Gasteiger partial charge in [-0.3, -0.25) is 0 Å². The summed E-state index contributed by atoms with van der Waals surface area (Å²) in [6.45, 7) is 1.97. The van der Waals surface area contributed by atoms with E-state index in [1.54, 1.807) is 0 Å². The maximum atomic E-state index is 6.09. The van der Waals surface area contributed by atoms with E-state index < -0.39 is 0 Å². The Balaban J connectivity index is 1.94. The molecule has 1 saturated heterocycles. The summed E-state index contributed by atoms with van der Waals surface area (Å²) in [7, 11) is 2.00. The van der Waals surface area contributed by atoms with Crippen molar-refractivity contribution >= 4 is 17.6 Å². The molecule has 1 aromatic heterocycles. The maximum Gasteiger partial charge on any atom is 0.223 e. The van der Waals surface area contributed by atoms with Gasteiger partial charge in [0.15, 0.2) is 0 Å². The van der Waals surface area contributed by atoms with Crippen molar-refractivity contribution in [1.82, 2.24) is 15.3 Å². The van der Waals surface area contributed by atoms with Gasteiger partial charge in [0.05, 0.1) is 0 Å². The van der Waals surface area contributed by atoms with Gasteiger partial charge in [0.1, 0.15) is 11.6 Å². The summed E-state index contributed by atoms with van der Waals surface area (Å²) >= 11 is 0. The Bertz CT molecular complexity index is 470. The zero-order chi connectivity index (χ0) is 13.4. The molecule has 104 valence electrons. The molecule has 0 unspecified atom stereocenters. The first-order valence-electron chi connectivity index (χ1n) is 7.04. The van der Waals surface area contributed by atoms with E-state index in [1.165, 1.54) is 19.3 Å². The van der Waals surface area contributed by atoms with Gasteiger partial charge in [-0.2, -0.15) is 9.97 Å². The first kappa shape index (κ1) is 12.5. The molecule has 0 aromatic carbocycles. The van der Waals surface area contributed by atoms with Crippen LogP contribution in [0.2, 0.25) is 0 Å². The Labute approximate surface area is 113 Å². The Kier molecular flexibility index (Phi) is 3.18. The fraction of sp³-hybridized carbons (Fsp3) is 0.692. The third-order valence-electron chi connectivity index (χ3n) is 4.38. The summed E-state index contributed by atoms with van der Waals surface area (Å²) in [5.41, 5.74) is 13.0. The topological polar surface area (TPSA) is 93.1 Å². The molecule has 0 amide bonds. The van der Waals surface area contributed by atoms with Crippen LogP contribution in [0.3, 0.4) is 0 Å².